The molecule has 1 aromatic heterocycles. The fraction of sp³-hybridized carbons (Fsp3) is 0.536. The SMILES string of the molecule is CCCC[C@@H](C(O)C(=O)NCc1cccnc1)N(NS(=O)(=O)N(C)C)C(=O)OCC1(Cc2ccc(F)cc2)CCC1. The molecule has 1 aliphatic carbocycles. The molecule has 2 aromatic rings. The molecule has 1 saturated carbocycles. The minimum Gasteiger partial charge on any atom is -0.448 e. The van der Waals surface area contributed by atoms with Crippen LogP contribution in [0.3, 0.4) is 0 Å². The Hall–Kier alpha value is -3.13. The zero-order valence-electron chi connectivity index (χ0n) is 23.8. The number of hydrogen-bond donors (Lipinski definition) is 3. The lowest BCUT2D eigenvalue weighted by Gasteiger charge is -2.42. The number of hydrazine groups is 1. The fourth-order valence-electron chi connectivity index (χ4n) is 4.63. The van der Waals surface area contributed by atoms with Gasteiger partial charge in [0.2, 0.25) is 0 Å². The van der Waals surface area contributed by atoms with Crippen molar-refractivity contribution in [3.05, 3.63) is 65.7 Å². The van der Waals surface area contributed by atoms with E-state index in [1.165, 1.54) is 26.2 Å². The molecule has 13 heteroatoms. The zero-order valence-corrected chi connectivity index (χ0v) is 24.6. The van der Waals surface area contributed by atoms with E-state index in [1.54, 1.807) is 36.7 Å². The molecule has 0 radical (unpaired) electrons. The summed E-state index contributed by atoms with van der Waals surface area (Å²) in [6.07, 6.45) is 4.72. The average Bonchev–Trinajstić information content (AvgIpc) is 2.93. The Labute approximate surface area is 241 Å². The highest BCUT2D eigenvalue weighted by atomic mass is 32.2. The lowest BCUT2D eigenvalue weighted by atomic mass is 9.66. The third kappa shape index (κ3) is 9.18. The minimum atomic E-state index is -4.20. The van der Waals surface area contributed by atoms with Crippen molar-refractivity contribution in [2.45, 2.75) is 70.6 Å². The molecular weight excluding hydrogens is 553 g/mol. The van der Waals surface area contributed by atoms with Crippen LogP contribution < -0.4 is 10.1 Å². The van der Waals surface area contributed by atoms with Gasteiger partial charge < -0.3 is 15.2 Å². The fourth-order valence-corrected chi connectivity index (χ4v) is 5.25. The number of ether oxygens (including phenoxy) is 1. The minimum absolute atomic E-state index is 0.00675. The van der Waals surface area contributed by atoms with Crippen molar-refractivity contribution >= 4 is 22.2 Å². The molecule has 1 aliphatic rings. The first-order chi connectivity index (χ1) is 19.5. The molecule has 0 aliphatic heterocycles. The van der Waals surface area contributed by atoms with E-state index in [0.717, 1.165) is 29.1 Å². The molecule has 2 amide bonds. The Bertz CT molecular complexity index is 1240. The van der Waals surface area contributed by atoms with E-state index in [2.05, 4.69) is 15.1 Å². The molecule has 2 atom stereocenters. The summed E-state index contributed by atoms with van der Waals surface area (Å²) >= 11 is 0. The van der Waals surface area contributed by atoms with Gasteiger partial charge in [-0.25, -0.2) is 14.2 Å². The van der Waals surface area contributed by atoms with Gasteiger partial charge in [0.05, 0.1) is 12.6 Å². The molecule has 41 heavy (non-hydrogen) atoms. The summed E-state index contributed by atoms with van der Waals surface area (Å²) in [5, 5.41) is 14.4. The van der Waals surface area contributed by atoms with Gasteiger partial charge in [-0.15, -0.1) is 4.83 Å². The first kappa shape index (κ1) is 32.4. The van der Waals surface area contributed by atoms with Crippen molar-refractivity contribution < 1.29 is 32.2 Å². The monoisotopic (exact) mass is 593 g/mol. The Morgan fingerprint density at radius 3 is 2.44 bits per heavy atom. The number of aliphatic hydroxyl groups is 1. The smallest absolute Gasteiger partial charge is 0.425 e. The number of aliphatic hydroxyl groups excluding tert-OH is 1. The normalized spacial score (nSPS) is 16.0. The van der Waals surface area contributed by atoms with Gasteiger partial charge in [-0.05, 0) is 55.0 Å². The molecule has 1 aromatic carbocycles. The number of pyridine rings is 1. The van der Waals surface area contributed by atoms with Crippen LogP contribution in [-0.2, 0) is 32.7 Å². The molecule has 1 unspecified atom stereocenters. The molecule has 1 fully saturated rings. The van der Waals surface area contributed by atoms with Crippen molar-refractivity contribution in [2.75, 3.05) is 20.7 Å². The molecule has 3 N–H and O–H groups in total. The number of nitrogens with one attached hydrogen (secondary N) is 2. The first-order valence-corrected chi connectivity index (χ1v) is 15.2. The van der Waals surface area contributed by atoms with Crippen molar-refractivity contribution in [2.24, 2.45) is 5.41 Å². The van der Waals surface area contributed by atoms with E-state index >= 15 is 0 Å². The molecule has 1 heterocycles. The number of hydrogen-bond acceptors (Lipinski definition) is 7. The second kappa shape index (κ2) is 14.7. The standard InChI is InChI=1S/C28H40FN5O6S/c1-4-5-9-24(25(35)26(36)31-19-22-8-6-16-30-18-22)34(32-41(38,39)33(2)3)27(37)40-20-28(14-7-15-28)17-21-10-12-23(29)13-11-21/h6,8,10-13,16,18,24-25,32,35H,4-5,7,9,14-15,17,19-20H2,1-3H3,(H,31,36)/t24-,25?/m0/s1. The predicted octanol–water partition coefficient (Wildman–Crippen LogP) is 2.92. The molecule has 0 saturated heterocycles. The molecule has 11 nitrogen and oxygen atoms in total. The molecule has 3 rings (SSSR count). The van der Waals surface area contributed by atoms with Gasteiger partial charge in [-0.2, -0.15) is 12.7 Å². The van der Waals surface area contributed by atoms with Gasteiger partial charge in [0.15, 0.2) is 6.10 Å². The zero-order chi connectivity index (χ0) is 30.0. The second-order valence-corrected chi connectivity index (χ2v) is 12.6. The van der Waals surface area contributed by atoms with Gasteiger partial charge in [0, 0.05) is 38.4 Å². The van der Waals surface area contributed by atoms with Crippen LogP contribution in [0.4, 0.5) is 9.18 Å². The van der Waals surface area contributed by atoms with Crippen LogP contribution >= 0.6 is 0 Å². The summed E-state index contributed by atoms with van der Waals surface area (Å²) < 4.78 is 45.5. The molecule has 0 bridgehead atoms. The lowest BCUT2D eigenvalue weighted by molar-refractivity contribution is -0.133. The number of unbranched alkanes of at least 4 members (excludes halogenated alkanes) is 1. The van der Waals surface area contributed by atoms with Gasteiger partial charge in [0.25, 0.3) is 16.1 Å². The quantitative estimate of drug-likeness (QED) is 0.270. The van der Waals surface area contributed by atoms with Crippen molar-refractivity contribution in [3.8, 4) is 0 Å². The Morgan fingerprint density at radius 2 is 1.88 bits per heavy atom. The van der Waals surface area contributed by atoms with Crippen LogP contribution in [0.2, 0.25) is 0 Å². The second-order valence-electron chi connectivity index (χ2n) is 10.7. The highest BCUT2D eigenvalue weighted by molar-refractivity contribution is 7.87. The molecule has 0 spiro atoms. The molecular formula is C28H40FN5O6S. The van der Waals surface area contributed by atoms with Gasteiger partial charge in [-0.1, -0.05) is 44.4 Å². The third-order valence-electron chi connectivity index (χ3n) is 7.31. The largest absolute Gasteiger partial charge is 0.448 e. The lowest BCUT2D eigenvalue weighted by Crippen LogP contribution is -2.60. The van der Waals surface area contributed by atoms with Crippen LogP contribution in [0.1, 0.15) is 56.6 Å². The van der Waals surface area contributed by atoms with E-state index in [4.69, 9.17) is 4.74 Å². The Morgan fingerprint density at radius 1 is 1.17 bits per heavy atom. The maximum absolute atomic E-state index is 13.5. The Balaban J connectivity index is 1.79. The van der Waals surface area contributed by atoms with Gasteiger partial charge in [0.1, 0.15) is 5.82 Å². The van der Waals surface area contributed by atoms with Crippen molar-refractivity contribution in [1.82, 2.24) is 24.4 Å². The summed E-state index contributed by atoms with van der Waals surface area (Å²) in [7, 11) is -1.63. The number of carbonyl (C=O) groups is 2. The average molecular weight is 594 g/mol. The number of benzene rings is 1. The summed E-state index contributed by atoms with van der Waals surface area (Å²) in [4.78, 5) is 32.7. The summed E-state index contributed by atoms with van der Waals surface area (Å²) in [6, 6.07) is 8.35. The van der Waals surface area contributed by atoms with E-state index in [-0.39, 0.29) is 30.8 Å². The van der Waals surface area contributed by atoms with E-state index in [1.807, 2.05) is 6.92 Å². The highest BCUT2D eigenvalue weighted by Gasteiger charge is 2.41. The number of amides is 2. The van der Waals surface area contributed by atoms with Crippen molar-refractivity contribution in [3.63, 3.8) is 0 Å². The van der Waals surface area contributed by atoms with E-state index in [9.17, 15) is 27.5 Å². The summed E-state index contributed by atoms with van der Waals surface area (Å²) in [6.45, 7) is 1.98. The summed E-state index contributed by atoms with van der Waals surface area (Å²) in [5.41, 5.74) is 1.22. The van der Waals surface area contributed by atoms with Crippen LogP contribution in [0, 0.1) is 11.2 Å². The molecule has 226 valence electrons. The van der Waals surface area contributed by atoms with E-state index in [0.29, 0.717) is 29.8 Å². The number of nitrogens with zero attached hydrogens (tertiary/aromatic N) is 3. The van der Waals surface area contributed by atoms with Gasteiger partial charge >= 0.3 is 6.09 Å². The predicted molar refractivity (Wildman–Crippen MR) is 151 cm³/mol. The van der Waals surface area contributed by atoms with Gasteiger partial charge in [-0.3, -0.25) is 9.78 Å². The summed E-state index contributed by atoms with van der Waals surface area (Å²) in [5.74, 6) is -1.11. The Kier molecular flexibility index (Phi) is 11.6. The number of rotatable bonds is 15. The van der Waals surface area contributed by atoms with Crippen molar-refractivity contribution in [1.29, 1.82) is 0 Å². The number of halogens is 1. The highest BCUT2D eigenvalue weighted by Crippen LogP contribution is 2.44. The van der Waals surface area contributed by atoms with Crippen LogP contribution in [0.25, 0.3) is 0 Å². The van der Waals surface area contributed by atoms with E-state index < -0.39 is 34.4 Å². The van der Waals surface area contributed by atoms with Crippen LogP contribution in [0.15, 0.2) is 48.8 Å². The maximum Gasteiger partial charge on any atom is 0.425 e. The third-order valence-corrected chi connectivity index (χ3v) is 8.70. The van der Waals surface area contributed by atoms with Crippen LogP contribution in [-0.4, -0.2) is 72.7 Å². The topological polar surface area (TPSA) is 141 Å². The van der Waals surface area contributed by atoms with Crippen LogP contribution in [0.5, 0.6) is 0 Å². The first-order valence-electron chi connectivity index (χ1n) is 13.7. The maximum atomic E-state index is 13.5. The number of aromatic nitrogens is 1. The number of carbonyl (C=O) groups excluding carboxylic acids is 2.